The summed E-state index contributed by atoms with van der Waals surface area (Å²) in [5.74, 6) is 0.763. The summed E-state index contributed by atoms with van der Waals surface area (Å²) in [4.78, 5) is 21.5. The molecule has 0 saturated carbocycles. The van der Waals surface area contributed by atoms with Crippen LogP contribution in [0.4, 0.5) is 0 Å². The molecule has 3 aromatic heterocycles. The molecule has 8 heteroatoms. The van der Waals surface area contributed by atoms with Crippen LogP contribution in [0.15, 0.2) is 42.7 Å². The number of aromatic nitrogens is 4. The Balaban J connectivity index is 1.49. The first-order valence-corrected chi connectivity index (χ1v) is 9.53. The molecule has 1 fully saturated rings. The fraction of sp³-hybridized carbons (Fsp3) is 0.400. The Morgan fingerprint density at radius 1 is 1.18 bits per heavy atom. The highest BCUT2D eigenvalue weighted by Gasteiger charge is 2.28. The quantitative estimate of drug-likeness (QED) is 0.713. The lowest BCUT2D eigenvalue weighted by Gasteiger charge is -2.36. The van der Waals surface area contributed by atoms with Crippen molar-refractivity contribution < 1.29 is 4.79 Å². The molecular weight excluding hydrogens is 354 g/mol. The monoisotopic (exact) mass is 379 g/mol. The Bertz CT molecular complexity index is 956. The molecule has 0 aliphatic carbocycles. The third kappa shape index (κ3) is 3.88. The van der Waals surface area contributed by atoms with Gasteiger partial charge in [-0.1, -0.05) is 6.07 Å². The fourth-order valence-electron chi connectivity index (χ4n) is 3.51. The third-order valence-electron chi connectivity index (χ3n) is 5.23. The molecule has 1 aliphatic heterocycles. The normalized spacial score (nSPS) is 18.4. The SMILES string of the molecule is CN1CCN(C)[C@@H](c2nnc3ccc(C(=O)NCCc4ccccn4)cn23)C1. The highest BCUT2D eigenvalue weighted by atomic mass is 16.1. The van der Waals surface area contributed by atoms with Crippen LogP contribution in [0.1, 0.15) is 27.9 Å². The summed E-state index contributed by atoms with van der Waals surface area (Å²) in [5.41, 5.74) is 2.31. The van der Waals surface area contributed by atoms with Crippen LogP contribution < -0.4 is 5.32 Å². The second-order valence-corrected chi connectivity index (χ2v) is 7.29. The molecular formula is C20H25N7O. The van der Waals surface area contributed by atoms with Crippen LogP contribution in [0.5, 0.6) is 0 Å². The van der Waals surface area contributed by atoms with Gasteiger partial charge < -0.3 is 10.2 Å². The molecule has 0 radical (unpaired) electrons. The third-order valence-corrected chi connectivity index (χ3v) is 5.23. The van der Waals surface area contributed by atoms with Crippen molar-refractivity contribution in [2.75, 3.05) is 40.3 Å². The van der Waals surface area contributed by atoms with E-state index in [2.05, 4.69) is 44.4 Å². The van der Waals surface area contributed by atoms with Gasteiger partial charge in [0.25, 0.3) is 5.91 Å². The smallest absolute Gasteiger partial charge is 0.252 e. The Kier molecular flexibility index (Phi) is 5.31. The van der Waals surface area contributed by atoms with E-state index in [0.717, 1.165) is 36.8 Å². The molecule has 1 N–H and O–H groups in total. The molecule has 0 unspecified atom stereocenters. The number of hydrogen-bond acceptors (Lipinski definition) is 6. The van der Waals surface area contributed by atoms with Crippen molar-refractivity contribution in [2.24, 2.45) is 0 Å². The molecule has 1 aliphatic rings. The van der Waals surface area contributed by atoms with E-state index in [1.165, 1.54) is 0 Å². The molecule has 1 saturated heterocycles. The highest BCUT2D eigenvalue weighted by Crippen LogP contribution is 2.22. The number of hydrogen-bond donors (Lipinski definition) is 1. The van der Waals surface area contributed by atoms with E-state index in [1.54, 1.807) is 12.3 Å². The second-order valence-electron chi connectivity index (χ2n) is 7.29. The number of fused-ring (bicyclic) bond motifs is 1. The zero-order chi connectivity index (χ0) is 19.5. The number of pyridine rings is 2. The highest BCUT2D eigenvalue weighted by molar-refractivity contribution is 5.94. The van der Waals surface area contributed by atoms with Crippen LogP contribution in [0.25, 0.3) is 5.65 Å². The minimum Gasteiger partial charge on any atom is -0.352 e. The lowest BCUT2D eigenvalue weighted by atomic mass is 10.1. The molecule has 0 spiro atoms. The van der Waals surface area contributed by atoms with E-state index in [0.29, 0.717) is 18.5 Å². The largest absolute Gasteiger partial charge is 0.352 e. The van der Waals surface area contributed by atoms with Gasteiger partial charge in [-0.3, -0.25) is 19.1 Å². The van der Waals surface area contributed by atoms with Gasteiger partial charge in [0.05, 0.1) is 11.6 Å². The predicted molar refractivity (Wildman–Crippen MR) is 106 cm³/mol. The first-order valence-electron chi connectivity index (χ1n) is 9.53. The van der Waals surface area contributed by atoms with Crippen molar-refractivity contribution >= 4 is 11.6 Å². The summed E-state index contributed by atoms with van der Waals surface area (Å²) < 4.78 is 1.94. The minimum absolute atomic E-state index is 0.105. The van der Waals surface area contributed by atoms with E-state index < -0.39 is 0 Å². The van der Waals surface area contributed by atoms with Crippen LogP contribution in [0.3, 0.4) is 0 Å². The first-order chi connectivity index (χ1) is 13.6. The van der Waals surface area contributed by atoms with Crippen molar-refractivity contribution in [3.63, 3.8) is 0 Å². The molecule has 3 aromatic rings. The Morgan fingerprint density at radius 2 is 2.07 bits per heavy atom. The first kappa shape index (κ1) is 18.5. The van der Waals surface area contributed by atoms with E-state index >= 15 is 0 Å². The number of likely N-dealkylation sites (N-methyl/N-ethyl adjacent to an activating group) is 2. The van der Waals surface area contributed by atoms with Crippen LogP contribution in [-0.2, 0) is 6.42 Å². The van der Waals surface area contributed by atoms with Gasteiger partial charge in [0, 0.05) is 50.7 Å². The van der Waals surface area contributed by atoms with Crippen molar-refractivity contribution in [1.82, 2.24) is 34.7 Å². The summed E-state index contributed by atoms with van der Waals surface area (Å²) >= 11 is 0. The van der Waals surface area contributed by atoms with E-state index in [9.17, 15) is 4.79 Å². The van der Waals surface area contributed by atoms with Gasteiger partial charge in [0.2, 0.25) is 0 Å². The topological polar surface area (TPSA) is 78.7 Å². The molecule has 0 bridgehead atoms. The van der Waals surface area contributed by atoms with E-state index in [4.69, 9.17) is 0 Å². The van der Waals surface area contributed by atoms with Crippen LogP contribution >= 0.6 is 0 Å². The van der Waals surface area contributed by atoms with Crippen molar-refractivity contribution in [2.45, 2.75) is 12.5 Å². The van der Waals surface area contributed by atoms with Crippen molar-refractivity contribution in [3.05, 3.63) is 59.8 Å². The Morgan fingerprint density at radius 3 is 2.89 bits per heavy atom. The zero-order valence-corrected chi connectivity index (χ0v) is 16.2. The Labute approximate surface area is 164 Å². The van der Waals surface area contributed by atoms with Crippen LogP contribution in [0.2, 0.25) is 0 Å². The molecule has 4 heterocycles. The lowest BCUT2D eigenvalue weighted by Crippen LogP contribution is -2.45. The maximum absolute atomic E-state index is 12.6. The van der Waals surface area contributed by atoms with Gasteiger partial charge in [-0.25, -0.2) is 0 Å². The predicted octanol–water partition coefficient (Wildman–Crippen LogP) is 1.02. The number of carbonyl (C=O) groups excluding carboxylic acids is 1. The molecule has 1 atom stereocenters. The lowest BCUT2D eigenvalue weighted by molar-refractivity contribution is 0.0953. The van der Waals surface area contributed by atoms with Gasteiger partial charge in [0.15, 0.2) is 11.5 Å². The van der Waals surface area contributed by atoms with Crippen molar-refractivity contribution in [1.29, 1.82) is 0 Å². The number of nitrogens with one attached hydrogen (secondary N) is 1. The molecule has 0 aromatic carbocycles. The summed E-state index contributed by atoms with van der Waals surface area (Å²) in [5, 5.41) is 11.7. The average molecular weight is 379 g/mol. The number of carbonyl (C=O) groups is 1. The summed E-state index contributed by atoms with van der Waals surface area (Å²) in [6.45, 7) is 3.44. The summed E-state index contributed by atoms with van der Waals surface area (Å²) in [6, 6.07) is 9.58. The average Bonchev–Trinajstić information content (AvgIpc) is 3.13. The van der Waals surface area contributed by atoms with Crippen molar-refractivity contribution in [3.8, 4) is 0 Å². The second kappa shape index (κ2) is 8.04. The van der Waals surface area contributed by atoms with Gasteiger partial charge in [-0.15, -0.1) is 10.2 Å². The van der Waals surface area contributed by atoms with E-state index in [-0.39, 0.29) is 11.9 Å². The number of piperazine rings is 1. The molecule has 28 heavy (non-hydrogen) atoms. The minimum atomic E-state index is -0.105. The summed E-state index contributed by atoms with van der Waals surface area (Å²) in [7, 11) is 4.22. The number of amides is 1. The maximum Gasteiger partial charge on any atom is 0.252 e. The van der Waals surface area contributed by atoms with Gasteiger partial charge in [-0.05, 0) is 38.4 Å². The Hall–Kier alpha value is -2.84. The van der Waals surface area contributed by atoms with Crippen LogP contribution in [-0.4, -0.2) is 75.6 Å². The van der Waals surface area contributed by atoms with E-state index in [1.807, 2.05) is 34.9 Å². The molecule has 1 amide bonds. The number of rotatable bonds is 5. The van der Waals surface area contributed by atoms with Gasteiger partial charge >= 0.3 is 0 Å². The fourth-order valence-corrected chi connectivity index (χ4v) is 3.51. The zero-order valence-electron chi connectivity index (χ0n) is 16.2. The maximum atomic E-state index is 12.6. The van der Waals surface area contributed by atoms with Gasteiger partial charge in [0.1, 0.15) is 0 Å². The molecule has 146 valence electrons. The van der Waals surface area contributed by atoms with Crippen LogP contribution in [0, 0.1) is 0 Å². The van der Waals surface area contributed by atoms with Gasteiger partial charge in [-0.2, -0.15) is 0 Å². The summed E-state index contributed by atoms with van der Waals surface area (Å²) in [6.07, 6.45) is 4.30. The molecule has 8 nitrogen and oxygen atoms in total. The standard InChI is InChI=1S/C20H25N7O/c1-25-11-12-26(2)17(14-25)19-24-23-18-7-6-15(13-27(18)19)20(28)22-10-8-16-5-3-4-9-21-16/h3-7,9,13,17H,8,10-12,14H2,1-2H3,(H,22,28)/t17-/m1/s1. The number of nitrogens with zero attached hydrogens (tertiary/aromatic N) is 6. The molecule has 4 rings (SSSR count).